The average molecular weight is 903 g/mol. The fourth-order valence-electron chi connectivity index (χ4n) is 10.3. The topological polar surface area (TPSA) is 76.7 Å². The van der Waals surface area contributed by atoms with Gasteiger partial charge in [0, 0.05) is 35.7 Å². The molecule has 1 fully saturated rings. The van der Waals surface area contributed by atoms with Crippen molar-refractivity contribution in [2.24, 2.45) is 0 Å². The van der Waals surface area contributed by atoms with E-state index in [0.717, 1.165) is 88.5 Å². The highest BCUT2D eigenvalue weighted by atomic mass is 16.5. The first-order valence-electron chi connectivity index (χ1n) is 27.4. The predicted octanol–water partition coefficient (Wildman–Crippen LogP) is 16.3. The van der Waals surface area contributed by atoms with Crippen LogP contribution in [0.15, 0.2) is 72.8 Å². The predicted molar refractivity (Wildman–Crippen MR) is 280 cm³/mol. The molecule has 2 N–H and O–H groups in total. The van der Waals surface area contributed by atoms with Crippen molar-refractivity contribution < 1.29 is 19.1 Å². The lowest BCUT2D eigenvalue weighted by atomic mass is 9.89. The summed E-state index contributed by atoms with van der Waals surface area (Å²) in [6.07, 6.45) is 33.2. The van der Waals surface area contributed by atoms with Gasteiger partial charge in [0.1, 0.15) is 11.5 Å². The maximum absolute atomic E-state index is 13.4. The van der Waals surface area contributed by atoms with Crippen LogP contribution in [0.4, 0.5) is 0 Å². The Kier molecular flexibility index (Phi) is 24.9. The Balaban J connectivity index is 1.10. The summed E-state index contributed by atoms with van der Waals surface area (Å²) in [7, 11) is 0. The fraction of sp³-hybridized carbons (Fsp3) is 0.633. The number of aryl methyl sites for hydroxylation is 2. The van der Waals surface area contributed by atoms with Crippen molar-refractivity contribution in [2.45, 2.75) is 245 Å². The molecule has 1 saturated carbocycles. The average Bonchev–Trinajstić information content (AvgIpc) is 3.32. The quantitative estimate of drug-likeness (QED) is 0.0458. The van der Waals surface area contributed by atoms with Gasteiger partial charge in [-0.3, -0.25) is 9.59 Å². The van der Waals surface area contributed by atoms with Crippen molar-refractivity contribution in [3.8, 4) is 11.5 Å². The number of carbonyl (C=O) groups is 2. The molecule has 0 unspecified atom stereocenters. The van der Waals surface area contributed by atoms with Gasteiger partial charge in [-0.05, 0) is 124 Å². The van der Waals surface area contributed by atoms with Crippen LogP contribution in [0.5, 0.6) is 11.5 Å². The van der Waals surface area contributed by atoms with E-state index in [1.807, 2.05) is 0 Å². The summed E-state index contributed by atoms with van der Waals surface area (Å²) < 4.78 is 13.6. The van der Waals surface area contributed by atoms with Gasteiger partial charge in [-0.25, -0.2) is 0 Å². The molecule has 2 atom stereocenters. The van der Waals surface area contributed by atoms with Crippen LogP contribution >= 0.6 is 0 Å². The zero-order chi connectivity index (χ0) is 46.6. The van der Waals surface area contributed by atoms with Crippen molar-refractivity contribution in [3.05, 3.63) is 83.9 Å². The highest BCUT2D eigenvalue weighted by Crippen LogP contribution is 2.33. The minimum absolute atomic E-state index is 0.0250. The third kappa shape index (κ3) is 18.2. The van der Waals surface area contributed by atoms with Crippen LogP contribution in [0.25, 0.3) is 21.5 Å². The maximum atomic E-state index is 13.4. The molecule has 1 aliphatic rings. The number of fused-ring (bicyclic) bond motifs is 2. The number of hydrogen-bond donors (Lipinski definition) is 2. The molecule has 6 heteroatoms. The van der Waals surface area contributed by atoms with E-state index in [2.05, 4.69) is 111 Å². The summed E-state index contributed by atoms with van der Waals surface area (Å²) in [5.74, 6) is 2.15. The SMILES string of the molecule is CCCCCCC(CCCCCC)Oc1cccc2c(CCCC(=O)N[C@H]3CCCC[C@@H]3NC(=O)CCCc3cccc4c(OC(CCCCCC)CCCCCC)cccc34)cccc12. The number of amides is 2. The number of benzene rings is 4. The second-order valence-corrected chi connectivity index (χ2v) is 19.8. The number of carbonyl (C=O) groups excluding carboxylic acids is 2. The second-order valence-electron chi connectivity index (χ2n) is 19.8. The minimum Gasteiger partial charge on any atom is -0.490 e. The van der Waals surface area contributed by atoms with Crippen molar-refractivity contribution >= 4 is 33.4 Å². The van der Waals surface area contributed by atoms with Crippen LogP contribution in [-0.2, 0) is 22.4 Å². The molecule has 364 valence electrons. The van der Waals surface area contributed by atoms with Gasteiger partial charge in [0.05, 0.1) is 12.2 Å². The molecule has 4 aromatic rings. The first-order chi connectivity index (χ1) is 32.4. The van der Waals surface area contributed by atoms with Crippen LogP contribution < -0.4 is 20.1 Å². The van der Waals surface area contributed by atoms with E-state index < -0.39 is 0 Å². The Morgan fingerprint density at radius 3 is 1.17 bits per heavy atom. The Morgan fingerprint density at radius 1 is 0.455 bits per heavy atom. The van der Waals surface area contributed by atoms with E-state index in [-0.39, 0.29) is 36.1 Å². The van der Waals surface area contributed by atoms with E-state index in [4.69, 9.17) is 9.47 Å². The smallest absolute Gasteiger partial charge is 0.220 e. The van der Waals surface area contributed by atoms with Gasteiger partial charge in [0.2, 0.25) is 11.8 Å². The molecule has 0 spiro atoms. The number of nitrogens with one attached hydrogen (secondary N) is 2. The highest BCUT2D eigenvalue weighted by molar-refractivity contribution is 5.92. The van der Waals surface area contributed by atoms with Crippen molar-refractivity contribution in [1.82, 2.24) is 10.6 Å². The number of unbranched alkanes of at least 4 members (excludes halogenated alkanes) is 12. The Labute approximate surface area is 401 Å². The lowest BCUT2D eigenvalue weighted by molar-refractivity contribution is -0.125. The van der Waals surface area contributed by atoms with Crippen LogP contribution in [0.3, 0.4) is 0 Å². The van der Waals surface area contributed by atoms with Crippen molar-refractivity contribution in [3.63, 3.8) is 0 Å². The Hall–Kier alpha value is -4.06. The third-order valence-electron chi connectivity index (χ3n) is 14.2. The molecule has 0 heterocycles. The molecule has 4 aromatic carbocycles. The molecule has 0 saturated heterocycles. The molecule has 1 aliphatic carbocycles. The molecule has 0 bridgehead atoms. The minimum atomic E-state index is -0.0250. The molecule has 0 radical (unpaired) electrons. The number of rotatable bonds is 34. The van der Waals surface area contributed by atoms with Crippen LogP contribution in [0, 0.1) is 0 Å². The summed E-state index contributed by atoms with van der Waals surface area (Å²) in [4.78, 5) is 26.9. The van der Waals surface area contributed by atoms with Crippen LogP contribution in [0.1, 0.15) is 219 Å². The summed E-state index contributed by atoms with van der Waals surface area (Å²) in [5, 5.41) is 11.5. The maximum Gasteiger partial charge on any atom is 0.220 e. The monoisotopic (exact) mass is 903 g/mol. The van der Waals surface area contributed by atoms with Crippen LogP contribution in [0.2, 0.25) is 0 Å². The van der Waals surface area contributed by atoms with Crippen molar-refractivity contribution in [2.75, 3.05) is 0 Å². The molecular weight excluding hydrogens is 813 g/mol. The third-order valence-corrected chi connectivity index (χ3v) is 14.2. The lowest BCUT2D eigenvalue weighted by Gasteiger charge is -2.33. The molecule has 2 amide bonds. The van der Waals surface area contributed by atoms with Crippen molar-refractivity contribution in [1.29, 1.82) is 0 Å². The zero-order valence-electron chi connectivity index (χ0n) is 42.1. The van der Waals surface area contributed by atoms with Gasteiger partial charge in [-0.2, -0.15) is 0 Å². The number of hydrogen-bond acceptors (Lipinski definition) is 4. The summed E-state index contributed by atoms with van der Waals surface area (Å²) in [6.45, 7) is 9.09. The highest BCUT2D eigenvalue weighted by Gasteiger charge is 2.28. The molecule has 0 aromatic heterocycles. The largest absolute Gasteiger partial charge is 0.490 e. The second kappa shape index (κ2) is 31.1. The van der Waals surface area contributed by atoms with Gasteiger partial charge in [0.15, 0.2) is 0 Å². The standard InChI is InChI=1S/C60H90N2O4/c1-5-9-13-17-33-49(34-18-14-10-6-2)65-57-43-27-37-51-47(29-23-39-53(51)57)31-25-45-59(63)61-55-41-21-22-42-56(55)62-60(64)46-26-32-48-30-24-40-54-52(48)38-28-44-58(54)66-50(35-19-15-11-7-3)36-20-16-12-8-4/h23-24,27-30,37-40,43-44,49-50,55-56H,5-22,25-26,31-36,41-42,45-46H2,1-4H3,(H,61,63)(H,62,64)/t55-,56-/m0/s1. The molecule has 0 aliphatic heterocycles. The lowest BCUT2D eigenvalue weighted by Crippen LogP contribution is -2.53. The van der Waals surface area contributed by atoms with Gasteiger partial charge in [0.25, 0.3) is 0 Å². The van der Waals surface area contributed by atoms with E-state index in [1.165, 1.54) is 135 Å². The van der Waals surface area contributed by atoms with E-state index >= 15 is 0 Å². The summed E-state index contributed by atoms with van der Waals surface area (Å²) >= 11 is 0. The Morgan fingerprint density at radius 2 is 0.803 bits per heavy atom. The molecular formula is C60H90N2O4. The van der Waals surface area contributed by atoms with Gasteiger partial charge in [-0.15, -0.1) is 0 Å². The summed E-state index contributed by atoms with van der Waals surface area (Å²) in [5.41, 5.74) is 2.53. The zero-order valence-corrected chi connectivity index (χ0v) is 42.1. The van der Waals surface area contributed by atoms with Gasteiger partial charge < -0.3 is 20.1 Å². The first-order valence-corrected chi connectivity index (χ1v) is 27.4. The summed E-state index contributed by atoms with van der Waals surface area (Å²) in [6, 6.07) is 26.0. The number of ether oxygens (including phenoxy) is 2. The normalized spacial score (nSPS) is 15.2. The fourth-order valence-corrected chi connectivity index (χ4v) is 10.3. The molecule has 66 heavy (non-hydrogen) atoms. The molecule has 5 rings (SSSR count). The van der Waals surface area contributed by atoms with E-state index in [9.17, 15) is 9.59 Å². The Bertz CT molecular complexity index is 1810. The van der Waals surface area contributed by atoms with Gasteiger partial charge >= 0.3 is 0 Å². The van der Waals surface area contributed by atoms with Gasteiger partial charge in [-0.1, -0.05) is 178 Å². The van der Waals surface area contributed by atoms with E-state index in [1.54, 1.807) is 0 Å². The molecule has 6 nitrogen and oxygen atoms in total. The van der Waals surface area contributed by atoms with E-state index in [0.29, 0.717) is 12.8 Å². The van der Waals surface area contributed by atoms with Crippen LogP contribution in [-0.4, -0.2) is 36.1 Å². The first kappa shape index (κ1) is 52.9.